The van der Waals surface area contributed by atoms with Crippen LogP contribution in [-0.2, 0) is 9.63 Å². The zero-order chi connectivity index (χ0) is 11.3. The van der Waals surface area contributed by atoms with Gasteiger partial charge in [0.2, 0.25) is 6.10 Å². The lowest BCUT2D eigenvalue weighted by atomic mass is 10.0. The summed E-state index contributed by atoms with van der Waals surface area (Å²) in [6, 6.07) is 0. The molecule has 0 fully saturated rings. The van der Waals surface area contributed by atoms with E-state index in [0.29, 0.717) is 0 Å². The van der Waals surface area contributed by atoms with Crippen molar-refractivity contribution in [3.05, 3.63) is 0 Å². The number of nitrogens with two attached hydrogens (primary N) is 1. The van der Waals surface area contributed by atoms with Gasteiger partial charge in [0.1, 0.15) is 18.3 Å². The average Bonchev–Trinajstić information content (AvgIpc) is 2.15. The molecule has 0 aliphatic heterocycles. The van der Waals surface area contributed by atoms with E-state index in [1.165, 1.54) is 0 Å². The third-order valence-corrected chi connectivity index (χ3v) is 1.63. The van der Waals surface area contributed by atoms with Gasteiger partial charge in [-0.15, -0.1) is 0 Å². The van der Waals surface area contributed by atoms with E-state index < -0.39 is 37.0 Å². The minimum atomic E-state index is -1.93. The molecule has 0 radical (unpaired) electrons. The van der Waals surface area contributed by atoms with Crippen molar-refractivity contribution in [2.24, 2.45) is 5.90 Å². The third kappa shape index (κ3) is 3.18. The summed E-state index contributed by atoms with van der Waals surface area (Å²) in [5, 5.41) is 43.9. The maximum absolute atomic E-state index is 10.4. The highest BCUT2D eigenvalue weighted by molar-refractivity contribution is 5.73. The second-order valence-electron chi connectivity index (χ2n) is 2.63. The van der Waals surface area contributed by atoms with Crippen LogP contribution in [0, 0.1) is 0 Å². The van der Waals surface area contributed by atoms with Crippen molar-refractivity contribution in [1.29, 1.82) is 0 Å². The van der Waals surface area contributed by atoms with Crippen molar-refractivity contribution in [3.63, 3.8) is 0 Å². The van der Waals surface area contributed by atoms with Gasteiger partial charge in [-0.05, 0) is 0 Å². The summed E-state index contributed by atoms with van der Waals surface area (Å²) >= 11 is 0. The molecule has 0 aromatic heterocycles. The summed E-state index contributed by atoms with van der Waals surface area (Å²) in [4.78, 5) is 14.3. The first kappa shape index (κ1) is 13.2. The maximum Gasteiger partial charge on any atom is 0.337 e. The lowest BCUT2D eigenvalue weighted by molar-refractivity contribution is -0.172. The van der Waals surface area contributed by atoms with Crippen molar-refractivity contribution in [3.8, 4) is 0 Å². The summed E-state index contributed by atoms with van der Waals surface area (Å²) in [5.41, 5.74) is 0. The molecule has 4 atom stereocenters. The summed E-state index contributed by atoms with van der Waals surface area (Å²) in [6.45, 7) is -0.824. The van der Waals surface area contributed by atoms with Gasteiger partial charge in [0.05, 0.1) is 6.61 Å². The van der Waals surface area contributed by atoms with E-state index in [4.69, 9.17) is 25.5 Å². The second kappa shape index (κ2) is 5.86. The Morgan fingerprint density at radius 3 is 2.07 bits per heavy atom. The number of aliphatic hydroxyl groups excluding tert-OH is 4. The molecule has 84 valence electrons. The fourth-order valence-corrected chi connectivity index (χ4v) is 0.799. The van der Waals surface area contributed by atoms with Crippen molar-refractivity contribution in [2.75, 3.05) is 6.61 Å². The van der Waals surface area contributed by atoms with Crippen LogP contribution in [0.5, 0.6) is 0 Å². The Bertz CT molecular complexity index is 187. The molecule has 0 heterocycles. The molecule has 4 unspecified atom stereocenters. The SMILES string of the molecule is NOC(C(=O)O)C(O)C(O)C(O)CO. The fraction of sp³-hybridized carbons (Fsp3) is 0.833. The molecule has 0 rings (SSSR count). The highest BCUT2D eigenvalue weighted by Crippen LogP contribution is 2.07. The normalized spacial score (nSPS) is 19.8. The van der Waals surface area contributed by atoms with Gasteiger partial charge in [0.25, 0.3) is 0 Å². The largest absolute Gasteiger partial charge is 0.479 e. The minimum absolute atomic E-state index is 0.824. The van der Waals surface area contributed by atoms with Gasteiger partial charge in [-0.25, -0.2) is 10.7 Å². The van der Waals surface area contributed by atoms with E-state index >= 15 is 0 Å². The maximum atomic E-state index is 10.4. The smallest absolute Gasteiger partial charge is 0.337 e. The van der Waals surface area contributed by atoms with Crippen molar-refractivity contribution >= 4 is 5.97 Å². The van der Waals surface area contributed by atoms with Gasteiger partial charge in [0.15, 0.2) is 0 Å². The van der Waals surface area contributed by atoms with E-state index in [1.807, 2.05) is 0 Å². The summed E-state index contributed by atoms with van der Waals surface area (Å²) in [7, 11) is 0. The summed E-state index contributed by atoms with van der Waals surface area (Å²) < 4.78 is 0. The number of aliphatic hydroxyl groups is 4. The van der Waals surface area contributed by atoms with E-state index in [1.54, 1.807) is 0 Å². The molecule has 0 amide bonds. The molecule has 0 saturated carbocycles. The van der Waals surface area contributed by atoms with Crippen LogP contribution in [0.4, 0.5) is 0 Å². The number of carbonyl (C=O) groups is 1. The summed E-state index contributed by atoms with van der Waals surface area (Å²) in [6.07, 6.45) is -7.32. The van der Waals surface area contributed by atoms with E-state index in [9.17, 15) is 4.79 Å². The minimum Gasteiger partial charge on any atom is -0.479 e. The van der Waals surface area contributed by atoms with Crippen molar-refractivity contribution in [2.45, 2.75) is 24.4 Å². The van der Waals surface area contributed by atoms with Gasteiger partial charge in [0, 0.05) is 0 Å². The highest BCUT2D eigenvalue weighted by atomic mass is 16.6. The molecule has 0 aromatic carbocycles. The van der Waals surface area contributed by atoms with Gasteiger partial charge >= 0.3 is 5.97 Å². The van der Waals surface area contributed by atoms with Crippen LogP contribution in [0.15, 0.2) is 0 Å². The second-order valence-corrected chi connectivity index (χ2v) is 2.63. The topological polar surface area (TPSA) is 153 Å². The number of rotatable bonds is 6. The Morgan fingerprint density at radius 1 is 1.29 bits per heavy atom. The molecule has 14 heavy (non-hydrogen) atoms. The molecule has 0 aliphatic rings. The van der Waals surface area contributed by atoms with E-state index in [-0.39, 0.29) is 0 Å². The van der Waals surface area contributed by atoms with Gasteiger partial charge in [-0.1, -0.05) is 0 Å². The third-order valence-electron chi connectivity index (χ3n) is 1.63. The van der Waals surface area contributed by atoms with Crippen LogP contribution < -0.4 is 5.90 Å². The lowest BCUT2D eigenvalue weighted by Crippen LogP contribution is -2.50. The molecular weight excluding hydrogens is 198 g/mol. The first-order valence-corrected chi connectivity index (χ1v) is 3.69. The first-order chi connectivity index (χ1) is 6.45. The number of hydrogen-bond donors (Lipinski definition) is 6. The number of aliphatic carboxylic acids is 1. The standard InChI is InChI=1S/C6H13NO7/c7-14-5(6(12)13)4(11)3(10)2(9)1-8/h2-5,8-11H,1,7H2,(H,12,13). The van der Waals surface area contributed by atoms with Crippen LogP contribution in [0.1, 0.15) is 0 Å². The van der Waals surface area contributed by atoms with Crippen LogP contribution in [0.3, 0.4) is 0 Å². The Labute approximate surface area is 79.1 Å². The van der Waals surface area contributed by atoms with Crippen molar-refractivity contribution < 1.29 is 35.2 Å². The Balaban J connectivity index is 4.41. The molecule has 0 aromatic rings. The van der Waals surface area contributed by atoms with Crippen LogP contribution in [-0.4, -0.2) is 62.5 Å². The van der Waals surface area contributed by atoms with E-state index in [0.717, 1.165) is 0 Å². The first-order valence-electron chi connectivity index (χ1n) is 3.69. The predicted molar refractivity (Wildman–Crippen MR) is 41.8 cm³/mol. The van der Waals surface area contributed by atoms with Gasteiger partial charge < -0.3 is 25.5 Å². The fourth-order valence-electron chi connectivity index (χ4n) is 0.799. The lowest BCUT2D eigenvalue weighted by Gasteiger charge is -2.24. The molecule has 0 spiro atoms. The zero-order valence-electron chi connectivity index (χ0n) is 7.15. The molecule has 0 aliphatic carbocycles. The van der Waals surface area contributed by atoms with Crippen molar-refractivity contribution in [1.82, 2.24) is 0 Å². The number of carboxylic acid groups (broad SMARTS) is 1. The number of hydrogen-bond acceptors (Lipinski definition) is 7. The van der Waals surface area contributed by atoms with E-state index in [2.05, 4.69) is 10.7 Å². The Morgan fingerprint density at radius 2 is 1.79 bits per heavy atom. The predicted octanol–water partition coefficient (Wildman–Crippen LogP) is -3.60. The Kier molecular flexibility index (Phi) is 5.53. The Hall–Kier alpha value is -0.770. The highest BCUT2D eigenvalue weighted by Gasteiger charge is 2.36. The summed E-state index contributed by atoms with van der Waals surface area (Å²) in [5.74, 6) is 2.96. The molecule has 8 nitrogen and oxygen atoms in total. The monoisotopic (exact) mass is 211 g/mol. The quantitative estimate of drug-likeness (QED) is 0.246. The molecule has 0 bridgehead atoms. The average molecular weight is 211 g/mol. The van der Waals surface area contributed by atoms with Crippen LogP contribution in [0.2, 0.25) is 0 Å². The molecule has 8 heteroatoms. The molecule has 7 N–H and O–H groups in total. The van der Waals surface area contributed by atoms with Gasteiger partial charge in [-0.3, -0.25) is 4.84 Å². The number of carboxylic acids is 1. The van der Waals surface area contributed by atoms with Crippen LogP contribution in [0.25, 0.3) is 0 Å². The van der Waals surface area contributed by atoms with Crippen LogP contribution >= 0.6 is 0 Å². The molecule has 0 saturated heterocycles. The van der Waals surface area contributed by atoms with Gasteiger partial charge in [-0.2, -0.15) is 0 Å². The zero-order valence-corrected chi connectivity index (χ0v) is 7.15. The molecular formula is C6H13NO7.